The van der Waals surface area contributed by atoms with Crippen molar-refractivity contribution in [3.63, 3.8) is 0 Å². The molecule has 0 heterocycles. The molecule has 106 valence electrons. The van der Waals surface area contributed by atoms with E-state index in [1.165, 1.54) is 16.7 Å². The molecule has 2 aromatic rings. The second-order valence-electron chi connectivity index (χ2n) is 5.04. The smallest absolute Gasteiger partial charge is 0.0576 e. The first kappa shape index (κ1) is 15.3. The lowest BCUT2D eigenvalue weighted by atomic mass is 9.96. The van der Waals surface area contributed by atoms with E-state index in [4.69, 9.17) is 0 Å². The molecule has 2 aromatic carbocycles. The van der Waals surface area contributed by atoms with Crippen LogP contribution in [0.1, 0.15) is 43.0 Å². The number of halogens is 1. The van der Waals surface area contributed by atoms with Crippen LogP contribution in [0.4, 0.5) is 0 Å². The van der Waals surface area contributed by atoms with Crippen LogP contribution < -0.4 is 5.32 Å². The van der Waals surface area contributed by atoms with E-state index in [0.29, 0.717) is 0 Å². The summed E-state index contributed by atoms with van der Waals surface area (Å²) < 4.78 is 1.12. The summed E-state index contributed by atoms with van der Waals surface area (Å²) in [5, 5.41) is 3.66. The van der Waals surface area contributed by atoms with Crippen LogP contribution in [0.25, 0.3) is 0 Å². The molecule has 2 rings (SSSR count). The maximum atomic E-state index is 3.66. The van der Waals surface area contributed by atoms with Gasteiger partial charge in [-0.3, -0.25) is 0 Å². The van der Waals surface area contributed by atoms with Gasteiger partial charge >= 0.3 is 0 Å². The number of nitrogens with one attached hydrogen (secondary N) is 1. The van der Waals surface area contributed by atoms with Crippen LogP contribution in [0.3, 0.4) is 0 Å². The summed E-state index contributed by atoms with van der Waals surface area (Å²) >= 11 is 3.51. The maximum absolute atomic E-state index is 3.66. The summed E-state index contributed by atoms with van der Waals surface area (Å²) in [4.78, 5) is 0. The van der Waals surface area contributed by atoms with Crippen LogP contribution in [-0.4, -0.2) is 6.54 Å². The molecule has 1 atom stereocenters. The Morgan fingerprint density at radius 3 is 2.40 bits per heavy atom. The zero-order chi connectivity index (χ0) is 14.4. The van der Waals surface area contributed by atoms with Crippen LogP contribution >= 0.6 is 15.9 Å². The molecule has 0 aromatic heterocycles. The number of benzene rings is 2. The molecule has 0 saturated carbocycles. The van der Waals surface area contributed by atoms with Gasteiger partial charge in [-0.2, -0.15) is 0 Å². The molecule has 20 heavy (non-hydrogen) atoms. The second kappa shape index (κ2) is 7.61. The van der Waals surface area contributed by atoms with Crippen LogP contribution in [0.15, 0.2) is 53.0 Å². The van der Waals surface area contributed by atoms with Gasteiger partial charge in [-0.05, 0) is 48.2 Å². The van der Waals surface area contributed by atoms with E-state index < -0.39 is 0 Å². The fourth-order valence-corrected chi connectivity index (χ4v) is 2.63. The lowest BCUT2D eigenvalue weighted by Gasteiger charge is -2.20. The van der Waals surface area contributed by atoms with E-state index in [1.807, 2.05) is 0 Å². The minimum atomic E-state index is 0.273. The van der Waals surface area contributed by atoms with Gasteiger partial charge in [0, 0.05) is 4.47 Å². The quantitative estimate of drug-likeness (QED) is 0.776. The first-order valence-electron chi connectivity index (χ1n) is 7.32. The van der Waals surface area contributed by atoms with Crippen molar-refractivity contribution in [1.29, 1.82) is 0 Å². The molecule has 0 spiro atoms. The van der Waals surface area contributed by atoms with E-state index in [2.05, 4.69) is 83.6 Å². The number of aryl methyl sites for hydroxylation is 1. The molecule has 2 heteroatoms. The molecule has 0 saturated heterocycles. The van der Waals surface area contributed by atoms with E-state index in [9.17, 15) is 0 Å². The molecule has 1 nitrogen and oxygen atoms in total. The second-order valence-corrected chi connectivity index (χ2v) is 5.95. The Hall–Kier alpha value is -1.12. The lowest BCUT2D eigenvalue weighted by molar-refractivity contribution is 0.598. The summed E-state index contributed by atoms with van der Waals surface area (Å²) in [5.74, 6) is 0. The Morgan fingerprint density at radius 1 is 1.00 bits per heavy atom. The fraction of sp³-hybridized carbons (Fsp3) is 0.333. The van der Waals surface area contributed by atoms with Gasteiger partial charge in [-0.1, -0.05) is 66.2 Å². The largest absolute Gasteiger partial charge is 0.306 e. The number of rotatable bonds is 6. The van der Waals surface area contributed by atoms with Gasteiger partial charge in [0.1, 0.15) is 0 Å². The van der Waals surface area contributed by atoms with Crippen molar-refractivity contribution >= 4 is 15.9 Å². The predicted octanol–water partition coefficient (Wildman–Crippen LogP) is 5.10. The minimum Gasteiger partial charge on any atom is -0.306 e. The van der Waals surface area contributed by atoms with Gasteiger partial charge in [0.05, 0.1) is 6.04 Å². The summed E-state index contributed by atoms with van der Waals surface area (Å²) in [5.41, 5.74) is 4.05. The monoisotopic (exact) mass is 331 g/mol. The highest BCUT2D eigenvalue weighted by Gasteiger charge is 2.13. The summed E-state index contributed by atoms with van der Waals surface area (Å²) in [6, 6.07) is 17.8. The van der Waals surface area contributed by atoms with E-state index in [-0.39, 0.29) is 6.04 Å². The third kappa shape index (κ3) is 3.94. The van der Waals surface area contributed by atoms with Gasteiger partial charge in [0.2, 0.25) is 0 Å². The number of hydrogen-bond donors (Lipinski definition) is 1. The molecular weight excluding hydrogens is 310 g/mol. The first-order chi connectivity index (χ1) is 9.74. The zero-order valence-corrected chi connectivity index (χ0v) is 13.8. The molecule has 1 unspecified atom stereocenters. The Kier molecular flexibility index (Phi) is 5.81. The Bertz CT molecular complexity index is 533. The SMILES string of the molecule is CCCNC(c1ccc(Br)cc1)c1cccc(CC)c1. The molecule has 0 amide bonds. The molecule has 0 fully saturated rings. The highest BCUT2D eigenvalue weighted by atomic mass is 79.9. The highest BCUT2D eigenvalue weighted by molar-refractivity contribution is 9.10. The Morgan fingerprint density at radius 2 is 1.75 bits per heavy atom. The molecule has 0 radical (unpaired) electrons. The number of hydrogen-bond acceptors (Lipinski definition) is 1. The third-order valence-corrected chi connectivity index (χ3v) is 4.02. The minimum absolute atomic E-state index is 0.273. The maximum Gasteiger partial charge on any atom is 0.0576 e. The normalized spacial score (nSPS) is 12.3. The molecule has 0 aliphatic heterocycles. The topological polar surface area (TPSA) is 12.0 Å². The average Bonchev–Trinajstić information content (AvgIpc) is 2.49. The summed E-state index contributed by atoms with van der Waals surface area (Å²) in [6.45, 7) is 5.43. The molecule has 0 aliphatic rings. The van der Waals surface area contributed by atoms with E-state index in [1.54, 1.807) is 0 Å². The van der Waals surface area contributed by atoms with Crippen molar-refractivity contribution in [3.8, 4) is 0 Å². The Labute approximate surface area is 130 Å². The first-order valence-corrected chi connectivity index (χ1v) is 8.11. The van der Waals surface area contributed by atoms with Crippen molar-refractivity contribution < 1.29 is 0 Å². The highest BCUT2D eigenvalue weighted by Crippen LogP contribution is 2.24. The van der Waals surface area contributed by atoms with Crippen LogP contribution in [-0.2, 0) is 6.42 Å². The standard InChI is InChI=1S/C18H22BrN/c1-3-12-20-18(15-8-10-17(19)11-9-15)16-7-5-6-14(4-2)13-16/h5-11,13,18,20H,3-4,12H2,1-2H3. The summed E-state index contributed by atoms with van der Waals surface area (Å²) in [6.07, 6.45) is 2.22. The van der Waals surface area contributed by atoms with Crippen molar-refractivity contribution in [2.45, 2.75) is 32.7 Å². The molecule has 1 N–H and O–H groups in total. The van der Waals surface area contributed by atoms with Gasteiger partial charge in [-0.25, -0.2) is 0 Å². The third-order valence-electron chi connectivity index (χ3n) is 3.49. The van der Waals surface area contributed by atoms with Crippen molar-refractivity contribution in [2.24, 2.45) is 0 Å². The van der Waals surface area contributed by atoms with Crippen LogP contribution in [0.5, 0.6) is 0 Å². The predicted molar refractivity (Wildman–Crippen MR) is 90.1 cm³/mol. The van der Waals surface area contributed by atoms with Crippen LogP contribution in [0, 0.1) is 0 Å². The molecular formula is C18H22BrN. The Balaban J connectivity index is 2.32. The van der Waals surface area contributed by atoms with E-state index >= 15 is 0 Å². The summed E-state index contributed by atoms with van der Waals surface area (Å²) in [7, 11) is 0. The lowest BCUT2D eigenvalue weighted by Crippen LogP contribution is -2.23. The van der Waals surface area contributed by atoms with Crippen LogP contribution in [0.2, 0.25) is 0 Å². The average molecular weight is 332 g/mol. The van der Waals surface area contributed by atoms with Crippen molar-refractivity contribution in [1.82, 2.24) is 5.32 Å². The molecule has 0 aliphatic carbocycles. The van der Waals surface area contributed by atoms with Crippen molar-refractivity contribution in [3.05, 3.63) is 69.7 Å². The fourth-order valence-electron chi connectivity index (χ4n) is 2.36. The van der Waals surface area contributed by atoms with Gasteiger partial charge in [0.25, 0.3) is 0 Å². The van der Waals surface area contributed by atoms with Gasteiger partial charge < -0.3 is 5.32 Å². The van der Waals surface area contributed by atoms with Gasteiger partial charge in [0.15, 0.2) is 0 Å². The zero-order valence-electron chi connectivity index (χ0n) is 12.2. The molecule has 0 bridgehead atoms. The van der Waals surface area contributed by atoms with Gasteiger partial charge in [-0.15, -0.1) is 0 Å². The van der Waals surface area contributed by atoms with Crippen molar-refractivity contribution in [2.75, 3.05) is 6.54 Å². The van der Waals surface area contributed by atoms with E-state index in [0.717, 1.165) is 23.9 Å².